The summed E-state index contributed by atoms with van der Waals surface area (Å²) >= 11 is 0. The third kappa shape index (κ3) is 31.2. The minimum absolute atomic E-state index is 0.0445. The molecule has 0 spiro atoms. The molecule has 4 heteroatoms. The summed E-state index contributed by atoms with van der Waals surface area (Å²) in [5.74, 6) is -1.99. The average Bonchev–Trinajstić information content (AvgIpc) is 2.96. The van der Waals surface area contributed by atoms with Gasteiger partial charge in [0.1, 0.15) is 6.61 Å². The van der Waals surface area contributed by atoms with Crippen LogP contribution in [-0.2, 0) is 14.3 Å². The van der Waals surface area contributed by atoms with Crippen molar-refractivity contribution in [2.75, 3.05) is 6.61 Å². The number of unbranched alkanes of at least 4 members (excludes halogenated alkanes) is 24. The first kappa shape index (κ1) is 39.4. The number of carbonyl (C=O) groups is 2. The normalized spacial score (nSPS) is 12.1. The zero-order valence-electron chi connectivity index (χ0n) is 27.2. The van der Waals surface area contributed by atoms with Gasteiger partial charge in [0.15, 0.2) is 0 Å². The van der Waals surface area contributed by atoms with Crippen LogP contribution in [0.1, 0.15) is 187 Å². The Bertz CT molecular complexity index is 612. The lowest BCUT2D eigenvalue weighted by molar-refractivity contribution is -0.151. The van der Waals surface area contributed by atoms with E-state index in [1.165, 1.54) is 154 Å². The predicted molar refractivity (Wildman–Crippen MR) is 176 cm³/mol. The van der Waals surface area contributed by atoms with E-state index in [0.29, 0.717) is 6.42 Å². The molecule has 1 atom stereocenters. The number of hydrogen-bond donors (Lipinski definition) is 1. The minimum Gasteiger partial charge on any atom is -0.481 e. The second-order valence-electron chi connectivity index (χ2n) is 12.2. The van der Waals surface area contributed by atoms with E-state index < -0.39 is 17.9 Å². The smallest absolute Gasteiger partial charge is 0.307 e. The molecule has 240 valence electrons. The Morgan fingerprint density at radius 2 is 0.976 bits per heavy atom. The summed E-state index contributed by atoms with van der Waals surface area (Å²) in [4.78, 5) is 23.0. The first-order valence-electron chi connectivity index (χ1n) is 17.8. The van der Waals surface area contributed by atoms with Gasteiger partial charge in [0.05, 0.1) is 12.3 Å². The van der Waals surface area contributed by atoms with Crippen LogP contribution in [0.15, 0.2) is 24.8 Å². The molecule has 0 amide bonds. The zero-order valence-corrected chi connectivity index (χ0v) is 27.2. The maximum Gasteiger partial charge on any atom is 0.307 e. The number of rotatable bonds is 33. The van der Waals surface area contributed by atoms with Gasteiger partial charge in [-0.3, -0.25) is 9.59 Å². The van der Waals surface area contributed by atoms with Gasteiger partial charge in [-0.2, -0.15) is 0 Å². The highest BCUT2D eigenvalue weighted by atomic mass is 16.5. The van der Waals surface area contributed by atoms with Crippen LogP contribution >= 0.6 is 0 Å². The first-order chi connectivity index (χ1) is 20.1. The van der Waals surface area contributed by atoms with Crippen molar-refractivity contribution in [1.29, 1.82) is 0 Å². The fraction of sp³-hybridized carbons (Fsp3) is 0.838. The molecule has 0 aromatic rings. The number of carboxylic acids is 1. The van der Waals surface area contributed by atoms with E-state index >= 15 is 0 Å². The molecule has 41 heavy (non-hydrogen) atoms. The van der Waals surface area contributed by atoms with Crippen LogP contribution in [0, 0.1) is 5.92 Å². The van der Waals surface area contributed by atoms with Gasteiger partial charge in [-0.05, 0) is 32.1 Å². The number of hydrogen-bond acceptors (Lipinski definition) is 3. The lowest BCUT2D eigenvalue weighted by Gasteiger charge is -2.11. The van der Waals surface area contributed by atoms with Crippen LogP contribution in [0.4, 0.5) is 0 Å². The first-order valence-corrected chi connectivity index (χ1v) is 17.8. The van der Waals surface area contributed by atoms with Crippen molar-refractivity contribution in [1.82, 2.24) is 0 Å². The van der Waals surface area contributed by atoms with Crippen LogP contribution in [0.3, 0.4) is 0 Å². The summed E-state index contributed by atoms with van der Waals surface area (Å²) in [6, 6.07) is 0. The van der Waals surface area contributed by atoms with E-state index in [0.717, 1.165) is 19.3 Å². The predicted octanol–water partition coefficient (Wildman–Crippen LogP) is 11.9. The lowest BCUT2D eigenvalue weighted by atomic mass is 9.97. The number of carboxylic acid groups (broad SMARTS) is 1. The third-order valence-corrected chi connectivity index (χ3v) is 8.19. The molecule has 0 saturated heterocycles. The Balaban J connectivity index is 3.32. The highest BCUT2D eigenvalue weighted by molar-refractivity contribution is 5.78. The fourth-order valence-electron chi connectivity index (χ4n) is 5.48. The van der Waals surface area contributed by atoms with Crippen molar-refractivity contribution >= 4 is 11.9 Å². The van der Waals surface area contributed by atoms with Crippen molar-refractivity contribution in [3.05, 3.63) is 24.8 Å². The summed E-state index contributed by atoms with van der Waals surface area (Å²) < 4.78 is 4.91. The standard InChI is InChI=1S/C37H68O4/c1-3-5-6-7-8-9-10-11-12-13-14-15-16-17-18-19-20-21-22-23-24-25-26-27-28-29-30-31-32-35(37(39)40)34-36(38)41-33-4-2/h4,21-22,35H,2-3,5-20,23-34H2,1H3,(H,39,40)/b22-21+. The molecule has 0 rings (SSSR count). The van der Waals surface area contributed by atoms with Crippen molar-refractivity contribution in [2.45, 2.75) is 187 Å². The molecule has 0 aromatic carbocycles. The van der Waals surface area contributed by atoms with E-state index in [4.69, 9.17) is 4.74 Å². The van der Waals surface area contributed by atoms with Crippen LogP contribution < -0.4 is 0 Å². The van der Waals surface area contributed by atoms with Crippen molar-refractivity contribution in [3.8, 4) is 0 Å². The molecular formula is C37H68O4. The molecule has 0 heterocycles. The van der Waals surface area contributed by atoms with E-state index in [2.05, 4.69) is 25.7 Å². The molecule has 0 aliphatic heterocycles. The molecular weight excluding hydrogens is 508 g/mol. The number of carbonyl (C=O) groups excluding carboxylic acids is 1. The molecule has 0 saturated carbocycles. The van der Waals surface area contributed by atoms with Crippen LogP contribution in [0.5, 0.6) is 0 Å². The summed E-state index contributed by atoms with van der Waals surface area (Å²) in [5.41, 5.74) is 0. The molecule has 0 aliphatic carbocycles. The van der Waals surface area contributed by atoms with Gasteiger partial charge < -0.3 is 9.84 Å². The molecule has 1 unspecified atom stereocenters. The highest BCUT2D eigenvalue weighted by Gasteiger charge is 2.21. The number of ether oxygens (including phenoxy) is 1. The third-order valence-electron chi connectivity index (χ3n) is 8.19. The van der Waals surface area contributed by atoms with Gasteiger partial charge in [0.2, 0.25) is 0 Å². The SMILES string of the molecule is C=CCOC(=O)CC(CCCCCCCCCC/C=C/CCCCCCCCCCCCCCCCCC)C(=O)O. The Hall–Kier alpha value is -1.58. The highest BCUT2D eigenvalue weighted by Crippen LogP contribution is 2.18. The minimum atomic E-state index is -0.903. The maximum atomic E-state index is 11.6. The van der Waals surface area contributed by atoms with Crippen LogP contribution in [0.2, 0.25) is 0 Å². The van der Waals surface area contributed by atoms with E-state index in [-0.39, 0.29) is 13.0 Å². The summed E-state index contributed by atoms with van der Waals surface area (Å²) in [6.07, 6.45) is 41.5. The number of aliphatic carboxylic acids is 1. The van der Waals surface area contributed by atoms with Crippen molar-refractivity contribution in [3.63, 3.8) is 0 Å². The Morgan fingerprint density at radius 1 is 0.610 bits per heavy atom. The molecule has 0 fully saturated rings. The number of esters is 1. The monoisotopic (exact) mass is 577 g/mol. The topological polar surface area (TPSA) is 63.6 Å². The molecule has 0 aromatic heterocycles. The van der Waals surface area contributed by atoms with Gasteiger partial charge >= 0.3 is 11.9 Å². The summed E-state index contributed by atoms with van der Waals surface area (Å²) in [7, 11) is 0. The second kappa shape index (κ2) is 32.9. The quantitative estimate of drug-likeness (QED) is 0.0479. The van der Waals surface area contributed by atoms with Gasteiger partial charge in [0, 0.05) is 0 Å². The van der Waals surface area contributed by atoms with E-state index in [1.54, 1.807) is 0 Å². The van der Waals surface area contributed by atoms with Gasteiger partial charge in [-0.25, -0.2) is 0 Å². The van der Waals surface area contributed by atoms with Crippen LogP contribution in [0.25, 0.3) is 0 Å². The van der Waals surface area contributed by atoms with E-state index in [1.807, 2.05) is 0 Å². The van der Waals surface area contributed by atoms with Gasteiger partial charge in [-0.15, -0.1) is 0 Å². The van der Waals surface area contributed by atoms with Crippen molar-refractivity contribution < 1.29 is 19.4 Å². The molecule has 0 aliphatic rings. The van der Waals surface area contributed by atoms with Crippen molar-refractivity contribution in [2.24, 2.45) is 5.92 Å². The Labute approximate surface area is 255 Å². The van der Waals surface area contributed by atoms with Gasteiger partial charge in [0.25, 0.3) is 0 Å². The second-order valence-corrected chi connectivity index (χ2v) is 12.2. The molecule has 0 bridgehead atoms. The summed E-state index contributed by atoms with van der Waals surface area (Å²) in [5, 5.41) is 9.32. The maximum absolute atomic E-state index is 11.6. The Kier molecular flexibility index (Phi) is 31.7. The largest absolute Gasteiger partial charge is 0.481 e. The Morgan fingerprint density at radius 3 is 1.34 bits per heavy atom. The summed E-state index contributed by atoms with van der Waals surface area (Å²) in [6.45, 7) is 5.93. The molecule has 4 nitrogen and oxygen atoms in total. The molecule has 0 radical (unpaired) electrons. The zero-order chi connectivity index (χ0) is 30.1. The van der Waals surface area contributed by atoms with Gasteiger partial charge in [-0.1, -0.05) is 173 Å². The van der Waals surface area contributed by atoms with Crippen LogP contribution in [-0.4, -0.2) is 23.7 Å². The lowest BCUT2D eigenvalue weighted by Crippen LogP contribution is -2.19. The average molecular weight is 577 g/mol. The molecule has 1 N–H and O–H groups in total. The van der Waals surface area contributed by atoms with E-state index in [9.17, 15) is 14.7 Å². The fourth-order valence-corrected chi connectivity index (χ4v) is 5.48. The number of allylic oxidation sites excluding steroid dienone is 2.